The maximum absolute atomic E-state index is 11.6. The molecular weight excluding hydrogens is 226 g/mol. The highest BCUT2D eigenvalue weighted by Crippen LogP contribution is 2.28. The molecule has 0 fully saturated rings. The lowest BCUT2D eigenvalue weighted by Crippen LogP contribution is -2.12. The SMILES string of the molecule is CC(C)Cn1nc(CN)c2c1CS(=O)(=O)C2. The van der Waals surface area contributed by atoms with Crippen LogP contribution in [0.4, 0.5) is 0 Å². The van der Waals surface area contributed by atoms with E-state index in [1.54, 1.807) is 0 Å². The van der Waals surface area contributed by atoms with Gasteiger partial charge in [0, 0.05) is 18.7 Å². The zero-order valence-corrected chi connectivity index (χ0v) is 10.4. The summed E-state index contributed by atoms with van der Waals surface area (Å²) in [6.45, 7) is 5.22. The van der Waals surface area contributed by atoms with Gasteiger partial charge < -0.3 is 5.73 Å². The average molecular weight is 243 g/mol. The molecule has 0 bridgehead atoms. The molecular formula is C10H17N3O2S. The van der Waals surface area contributed by atoms with E-state index in [-0.39, 0.29) is 11.5 Å². The second-order valence-electron chi connectivity index (χ2n) is 4.68. The van der Waals surface area contributed by atoms with Crippen molar-refractivity contribution in [2.75, 3.05) is 0 Å². The molecule has 1 aromatic heterocycles. The molecule has 2 N–H and O–H groups in total. The zero-order valence-electron chi connectivity index (χ0n) is 9.60. The molecule has 0 unspecified atom stereocenters. The molecule has 0 saturated carbocycles. The molecule has 5 nitrogen and oxygen atoms in total. The molecule has 0 aromatic carbocycles. The Morgan fingerprint density at radius 3 is 2.69 bits per heavy atom. The minimum atomic E-state index is -2.97. The van der Waals surface area contributed by atoms with Crippen LogP contribution in [-0.2, 0) is 34.4 Å². The normalized spacial score (nSPS) is 18.0. The minimum absolute atomic E-state index is 0.104. The first-order valence-corrected chi connectivity index (χ1v) is 7.23. The third kappa shape index (κ3) is 1.99. The Labute approximate surface area is 95.6 Å². The first-order valence-electron chi connectivity index (χ1n) is 5.41. The van der Waals surface area contributed by atoms with Gasteiger partial charge in [-0.2, -0.15) is 5.10 Å². The number of sulfone groups is 1. The Morgan fingerprint density at radius 2 is 2.12 bits per heavy atom. The van der Waals surface area contributed by atoms with Crippen molar-refractivity contribution in [1.82, 2.24) is 9.78 Å². The van der Waals surface area contributed by atoms with Gasteiger partial charge in [-0.1, -0.05) is 13.8 Å². The van der Waals surface area contributed by atoms with Crippen LogP contribution in [0.3, 0.4) is 0 Å². The molecule has 1 aromatic rings. The first kappa shape index (κ1) is 11.6. The summed E-state index contributed by atoms with van der Waals surface area (Å²) >= 11 is 0. The third-order valence-electron chi connectivity index (χ3n) is 2.70. The van der Waals surface area contributed by atoms with Crippen molar-refractivity contribution in [3.63, 3.8) is 0 Å². The van der Waals surface area contributed by atoms with E-state index in [0.717, 1.165) is 23.5 Å². The van der Waals surface area contributed by atoms with E-state index in [1.807, 2.05) is 4.68 Å². The summed E-state index contributed by atoms with van der Waals surface area (Å²) in [5.41, 5.74) is 8.00. The van der Waals surface area contributed by atoms with E-state index >= 15 is 0 Å². The van der Waals surface area contributed by atoms with E-state index in [1.165, 1.54) is 0 Å². The molecule has 0 spiro atoms. The molecule has 0 atom stereocenters. The lowest BCUT2D eigenvalue weighted by Gasteiger charge is -2.07. The molecule has 1 aliphatic rings. The summed E-state index contributed by atoms with van der Waals surface area (Å²) in [6.07, 6.45) is 0. The van der Waals surface area contributed by atoms with E-state index in [4.69, 9.17) is 5.73 Å². The Hall–Kier alpha value is -0.880. The van der Waals surface area contributed by atoms with Crippen LogP contribution in [0.1, 0.15) is 30.8 Å². The highest BCUT2D eigenvalue weighted by atomic mass is 32.2. The van der Waals surface area contributed by atoms with Gasteiger partial charge in [0.05, 0.1) is 22.9 Å². The Kier molecular flexibility index (Phi) is 2.79. The molecule has 0 aliphatic carbocycles. The highest BCUT2D eigenvalue weighted by Gasteiger charge is 2.31. The van der Waals surface area contributed by atoms with Gasteiger partial charge in [-0.25, -0.2) is 8.42 Å². The molecule has 16 heavy (non-hydrogen) atoms. The molecule has 2 heterocycles. The number of nitrogens with zero attached hydrogens (tertiary/aromatic N) is 2. The lowest BCUT2D eigenvalue weighted by molar-refractivity contribution is 0.469. The van der Waals surface area contributed by atoms with Crippen molar-refractivity contribution >= 4 is 9.84 Å². The second kappa shape index (κ2) is 3.85. The maximum Gasteiger partial charge on any atom is 0.160 e. The van der Waals surface area contributed by atoms with E-state index in [0.29, 0.717) is 12.5 Å². The van der Waals surface area contributed by atoms with Crippen molar-refractivity contribution in [2.24, 2.45) is 11.7 Å². The quantitative estimate of drug-likeness (QED) is 0.835. The average Bonchev–Trinajstić information content (AvgIpc) is 2.60. The molecule has 90 valence electrons. The minimum Gasteiger partial charge on any atom is -0.325 e. The van der Waals surface area contributed by atoms with Crippen LogP contribution in [-0.4, -0.2) is 18.2 Å². The standard InChI is InChI=1S/C10H17N3O2S/c1-7(2)4-13-10-6-16(14,15)5-8(10)9(3-11)12-13/h7H,3-6,11H2,1-2H3. The zero-order chi connectivity index (χ0) is 11.9. The number of hydrogen-bond acceptors (Lipinski definition) is 4. The van der Waals surface area contributed by atoms with Gasteiger partial charge in [0.15, 0.2) is 9.84 Å². The molecule has 0 radical (unpaired) electrons. The Balaban J connectivity index is 2.44. The van der Waals surface area contributed by atoms with Crippen LogP contribution in [0.25, 0.3) is 0 Å². The summed E-state index contributed by atoms with van der Waals surface area (Å²) in [4.78, 5) is 0. The van der Waals surface area contributed by atoms with Gasteiger partial charge in [0.1, 0.15) is 0 Å². The van der Waals surface area contributed by atoms with Crippen molar-refractivity contribution in [2.45, 2.75) is 38.4 Å². The predicted octanol–water partition coefficient (Wildman–Crippen LogP) is 0.426. The summed E-state index contributed by atoms with van der Waals surface area (Å²) in [7, 11) is -2.97. The molecule has 6 heteroatoms. The summed E-state index contributed by atoms with van der Waals surface area (Å²) in [6, 6.07) is 0. The predicted molar refractivity (Wildman–Crippen MR) is 61.3 cm³/mol. The number of fused-ring (bicyclic) bond motifs is 1. The van der Waals surface area contributed by atoms with Crippen LogP contribution < -0.4 is 5.73 Å². The van der Waals surface area contributed by atoms with Crippen molar-refractivity contribution in [1.29, 1.82) is 0 Å². The highest BCUT2D eigenvalue weighted by molar-refractivity contribution is 7.90. The lowest BCUT2D eigenvalue weighted by atomic mass is 10.2. The summed E-state index contributed by atoms with van der Waals surface area (Å²) in [5.74, 6) is 0.660. The van der Waals surface area contributed by atoms with E-state index < -0.39 is 9.84 Å². The fourth-order valence-corrected chi connectivity index (χ4v) is 3.67. The van der Waals surface area contributed by atoms with Crippen molar-refractivity contribution < 1.29 is 8.42 Å². The number of aromatic nitrogens is 2. The van der Waals surface area contributed by atoms with Gasteiger partial charge in [-0.05, 0) is 5.92 Å². The molecule has 0 saturated heterocycles. The smallest absolute Gasteiger partial charge is 0.160 e. The van der Waals surface area contributed by atoms with Crippen LogP contribution in [0.2, 0.25) is 0 Å². The van der Waals surface area contributed by atoms with E-state index in [9.17, 15) is 8.42 Å². The third-order valence-corrected chi connectivity index (χ3v) is 4.14. The van der Waals surface area contributed by atoms with Crippen molar-refractivity contribution in [3.05, 3.63) is 17.0 Å². The second-order valence-corrected chi connectivity index (χ2v) is 6.75. The van der Waals surface area contributed by atoms with Gasteiger partial charge in [0.2, 0.25) is 0 Å². The molecule has 0 amide bonds. The monoisotopic (exact) mass is 243 g/mol. The van der Waals surface area contributed by atoms with Crippen LogP contribution in [0.5, 0.6) is 0 Å². The Morgan fingerprint density at radius 1 is 1.44 bits per heavy atom. The van der Waals surface area contributed by atoms with E-state index in [2.05, 4.69) is 18.9 Å². The van der Waals surface area contributed by atoms with Gasteiger partial charge in [-0.3, -0.25) is 4.68 Å². The molecule has 2 rings (SSSR count). The fourth-order valence-electron chi connectivity index (χ4n) is 2.06. The largest absolute Gasteiger partial charge is 0.325 e. The fraction of sp³-hybridized carbons (Fsp3) is 0.700. The molecule has 1 aliphatic heterocycles. The van der Waals surface area contributed by atoms with Crippen molar-refractivity contribution in [3.8, 4) is 0 Å². The number of nitrogens with two attached hydrogens (primary N) is 1. The topological polar surface area (TPSA) is 78.0 Å². The van der Waals surface area contributed by atoms with Crippen LogP contribution in [0, 0.1) is 5.92 Å². The number of rotatable bonds is 3. The Bertz CT molecular complexity index is 502. The van der Waals surface area contributed by atoms with Crippen LogP contribution in [0.15, 0.2) is 0 Å². The van der Waals surface area contributed by atoms with Gasteiger partial charge in [0.25, 0.3) is 0 Å². The first-order chi connectivity index (χ1) is 7.43. The van der Waals surface area contributed by atoms with Gasteiger partial charge >= 0.3 is 0 Å². The van der Waals surface area contributed by atoms with Gasteiger partial charge in [-0.15, -0.1) is 0 Å². The summed E-state index contributed by atoms with van der Waals surface area (Å²) < 4.78 is 25.0. The number of hydrogen-bond donors (Lipinski definition) is 1. The maximum atomic E-state index is 11.6. The summed E-state index contributed by atoms with van der Waals surface area (Å²) in [5, 5.41) is 4.38. The van der Waals surface area contributed by atoms with Crippen LogP contribution >= 0.6 is 0 Å².